The summed E-state index contributed by atoms with van der Waals surface area (Å²) in [6.45, 7) is 2.48. The predicted octanol–water partition coefficient (Wildman–Crippen LogP) is 4.91. The Morgan fingerprint density at radius 1 is 0.963 bits per heavy atom. The third kappa shape index (κ3) is 6.76. The molecule has 0 aliphatic carbocycles. The van der Waals surface area contributed by atoms with Crippen molar-refractivity contribution < 1.29 is 14.6 Å². The first-order chi connectivity index (χ1) is 13.2. The average Bonchev–Trinajstić information content (AvgIpc) is 2.72. The summed E-state index contributed by atoms with van der Waals surface area (Å²) in [4.78, 5) is 0. The van der Waals surface area contributed by atoms with Crippen LogP contribution in [-0.2, 0) is 22.5 Å². The first-order valence-corrected chi connectivity index (χ1v) is 10.2. The lowest BCUT2D eigenvalue weighted by atomic mass is 9.95. The summed E-state index contributed by atoms with van der Waals surface area (Å²) in [6.07, 6.45) is 5.84. The second kappa shape index (κ2) is 10.6. The van der Waals surface area contributed by atoms with Crippen molar-refractivity contribution in [3.05, 3.63) is 71.8 Å². The van der Waals surface area contributed by atoms with E-state index in [-0.39, 0.29) is 12.2 Å². The van der Waals surface area contributed by atoms with Gasteiger partial charge in [0, 0.05) is 6.42 Å². The highest BCUT2D eigenvalue weighted by Crippen LogP contribution is 2.26. The van der Waals surface area contributed by atoms with Gasteiger partial charge in [-0.25, -0.2) is 0 Å². The minimum Gasteiger partial charge on any atom is -0.390 e. The fraction of sp³-hybridized carbons (Fsp3) is 0.500. The number of ether oxygens (including phenoxy) is 2. The van der Waals surface area contributed by atoms with Crippen molar-refractivity contribution in [3.8, 4) is 0 Å². The number of aryl methyl sites for hydroxylation is 1. The van der Waals surface area contributed by atoms with Gasteiger partial charge in [0.1, 0.15) is 0 Å². The van der Waals surface area contributed by atoms with Gasteiger partial charge < -0.3 is 14.6 Å². The SMILES string of the molecule is C[C@H](OCc1ccccc1)[C@@H](O)C[C@@H]1CCC[C@H](CCc2ccccc2)O1. The number of hydrogen-bond acceptors (Lipinski definition) is 3. The molecule has 1 N–H and O–H groups in total. The standard InChI is InChI=1S/C24H32O3/c1-19(26-18-21-11-6-3-7-12-21)24(25)17-23-14-8-13-22(27-23)16-15-20-9-4-2-5-10-20/h2-7,9-12,19,22-25H,8,13-18H2,1H3/t19-,22+,23-,24-/m0/s1. The highest BCUT2D eigenvalue weighted by atomic mass is 16.5. The number of hydrogen-bond donors (Lipinski definition) is 1. The molecular formula is C24H32O3. The molecule has 4 atom stereocenters. The summed E-state index contributed by atoms with van der Waals surface area (Å²) in [5.41, 5.74) is 2.50. The monoisotopic (exact) mass is 368 g/mol. The summed E-state index contributed by atoms with van der Waals surface area (Å²) in [7, 11) is 0. The van der Waals surface area contributed by atoms with E-state index in [9.17, 15) is 5.11 Å². The molecule has 0 unspecified atom stereocenters. The fourth-order valence-electron chi connectivity index (χ4n) is 3.71. The molecule has 1 saturated heterocycles. The van der Waals surface area contributed by atoms with Gasteiger partial charge in [-0.05, 0) is 50.2 Å². The molecule has 0 radical (unpaired) electrons. The van der Waals surface area contributed by atoms with E-state index < -0.39 is 6.10 Å². The lowest BCUT2D eigenvalue weighted by Crippen LogP contribution is -2.35. The van der Waals surface area contributed by atoms with Crippen LogP contribution in [0.3, 0.4) is 0 Å². The van der Waals surface area contributed by atoms with Crippen LogP contribution >= 0.6 is 0 Å². The Bertz CT molecular complexity index is 643. The molecule has 0 saturated carbocycles. The quantitative estimate of drug-likeness (QED) is 0.683. The zero-order valence-electron chi connectivity index (χ0n) is 16.3. The van der Waals surface area contributed by atoms with Crippen LogP contribution < -0.4 is 0 Å². The Kier molecular flexibility index (Phi) is 7.88. The minimum atomic E-state index is -0.494. The molecule has 0 spiro atoms. The van der Waals surface area contributed by atoms with E-state index in [1.807, 2.05) is 37.3 Å². The number of aliphatic hydroxyl groups excluding tert-OH is 1. The molecule has 1 fully saturated rings. The molecule has 3 nitrogen and oxygen atoms in total. The van der Waals surface area contributed by atoms with Gasteiger partial charge in [-0.1, -0.05) is 60.7 Å². The van der Waals surface area contributed by atoms with Crippen LogP contribution in [0.4, 0.5) is 0 Å². The van der Waals surface area contributed by atoms with Crippen LogP contribution in [0.5, 0.6) is 0 Å². The van der Waals surface area contributed by atoms with Crippen molar-refractivity contribution in [1.29, 1.82) is 0 Å². The Labute approximate surface area is 163 Å². The van der Waals surface area contributed by atoms with E-state index in [0.29, 0.717) is 19.1 Å². The van der Waals surface area contributed by atoms with E-state index >= 15 is 0 Å². The molecule has 3 heteroatoms. The normalized spacial score (nSPS) is 22.3. The van der Waals surface area contributed by atoms with Crippen LogP contribution in [0.25, 0.3) is 0 Å². The van der Waals surface area contributed by atoms with Crippen LogP contribution in [0, 0.1) is 0 Å². The van der Waals surface area contributed by atoms with Gasteiger partial charge in [0.15, 0.2) is 0 Å². The number of rotatable bonds is 9. The lowest BCUT2D eigenvalue weighted by Gasteiger charge is -2.32. The summed E-state index contributed by atoms with van der Waals surface area (Å²) in [5.74, 6) is 0. The fourth-order valence-corrected chi connectivity index (χ4v) is 3.71. The van der Waals surface area contributed by atoms with E-state index in [1.54, 1.807) is 0 Å². The molecule has 1 aliphatic rings. The summed E-state index contributed by atoms with van der Waals surface area (Å²) in [6, 6.07) is 20.7. The first-order valence-electron chi connectivity index (χ1n) is 10.2. The number of benzene rings is 2. The average molecular weight is 369 g/mol. The van der Waals surface area contributed by atoms with Crippen molar-refractivity contribution in [2.24, 2.45) is 0 Å². The zero-order chi connectivity index (χ0) is 18.9. The van der Waals surface area contributed by atoms with E-state index in [1.165, 1.54) is 12.0 Å². The van der Waals surface area contributed by atoms with Crippen molar-refractivity contribution in [3.63, 3.8) is 0 Å². The second-order valence-corrected chi connectivity index (χ2v) is 7.64. The van der Waals surface area contributed by atoms with Crippen molar-refractivity contribution >= 4 is 0 Å². The Morgan fingerprint density at radius 3 is 2.30 bits per heavy atom. The molecule has 146 valence electrons. The Balaban J connectivity index is 1.39. The maximum absolute atomic E-state index is 10.5. The predicted molar refractivity (Wildman–Crippen MR) is 109 cm³/mol. The molecule has 1 aliphatic heterocycles. The third-order valence-electron chi connectivity index (χ3n) is 5.44. The molecule has 27 heavy (non-hydrogen) atoms. The topological polar surface area (TPSA) is 38.7 Å². The van der Waals surface area contributed by atoms with Gasteiger partial charge in [-0.2, -0.15) is 0 Å². The van der Waals surface area contributed by atoms with Crippen LogP contribution in [0.2, 0.25) is 0 Å². The maximum atomic E-state index is 10.5. The molecule has 0 aromatic heterocycles. The second-order valence-electron chi connectivity index (χ2n) is 7.64. The Morgan fingerprint density at radius 2 is 1.59 bits per heavy atom. The first kappa shape index (κ1) is 20.1. The van der Waals surface area contributed by atoms with Crippen molar-refractivity contribution in [2.45, 2.75) is 76.5 Å². The van der Waals surface area contributed by atoms with Gasteiger partial charge in [0.25, 0.3) is 0 Å². The molecule has 3 rings (SSSR count). The van der Waals surface area contributed by atoms with Gasteiger partial charge in [-0.3, -0.25) is 0 Å². The van der Waals surface area contributed by atoms with E-state index in [2.05, 4.69) is 30.3 Å². The highest BCUT2D eigenvalue weighted by molar-refractivity contribution is 5.15. The molecule has 0 amide bonds. The van der Waals surface area contributed by atoms with Crippen LogP contribution in [-0.4, -0.2) is 29.5 Å². The third-order valence-corrected chi connectivity index (χ3v) is 5.44. The lowest BCUT2D eigenvalue weighted by molar-refractivity contribution is -0.0976. The minimum absolute atomic E-state index is 0.136. The van der Waals surface area contributed by atoms with Gasteiger partial charge in [0.2, 0.25) is 0 Å². The molecular weight excluding hydrogens is 336 g/mol. The largest absolute Gasteiger partial charge is 0.390 e. The van der Waals surface area contributed by atoms with Crippen molar-refractivity contribution in [2.75, 3.05) is 0 Å². The van der Waals surface area contributed by atoms with E-state index in [0.717, 1.165) is 31.2 Å². The summed E-state index contributed by atoms with van der Waals surface area (Å²) < 4.78 is 12.1. The molecule has 2 aromatic rings. The smallest absolute Gasteiger partial charge is 0.0824 e. The van der Waals surface area contributed by atoms with E-state index in [4.69, 9.17) is 9.47 Å². The van der Waals surface area contributed by atoms with Crippen LogP contribution in [0.15, 0.2) is 60.7 Å². The summed E-state index contributed by atoms with van der Waals surface area (Å²) >= 11 is 0. The molecule has 1 heterocycles. The highest BCUT2D eigenvalue weighted by Gasteiger charge is 2.26. The number of aliphatic hydroxyl groups is 1. The van der Waals surface area contributed by atoms with Gasteiger partial charge in [-0.15, -0.1) is 0 Å². The zero-order valence-corrected chi connectivity index (χ0v) is 16.3. The van der Waals surface area contributed by atoms with Crippen molar-refractivity contribution in [1.82, 2.24) is 0 Å². The molecule has 0 bridgehead atoms. The van der Waals surface area contributed by atoms with Crippen LogP contribution in [0.1, 0.15) is 50.2 Å². The maximum Gasteiger partial charge on any atom is 0.0824 e. The van der Waals surface area contributed by atoms with Gasteiger partial charge in [0.05, 0.1) is 31.0 Å². The Hall–Kier alpha value is -1.68. The molecule has 2 aromatic carbocycles. The summed E-state index contributed by atoms with van der Waals surface area (Å²) in [5, 5.41) is 10.5. The van der Waals surface area contributed by atoms with Gasteiger partial charge >= 0.3 is 0 Å².